The highest BCUT2D eigenvalue weighted by molar-refractivity contribution is 5.72. The lowest BCUT2D eigenvalue weighted by molar-refractivity contribution is -0.166. The van der Waals surface area contributed by atoms with Gasteiger partial charge < -0.3 is 14.2 Å². The average molecular weight is 1010 g/mol. The molecule has 0 radical (unpaired) electrons. The molecule has 1 unspecified atom stereocenters. The number of esters is 3. The van der Waals surface area contributed by atoms with Crippen molar-refractivity contribution in [1.82, 2.24) is 0 Å². The minimum Gasteiger partial charge on any atom is -0.462 e. The molecule has 6 heteroatoms. The van der Waals surface area contributed by atoms with Crippen molar-refractivity contribution in [1.29, 1.82) is 0 Å². The highest BCUT2D eigenvalue weighted by Crippen LogP contribution is 2.17. The summed E-state index contributed by atoms with van der Waals surface area (Å²) in [5.74, 6) is -1.02. The van der Waals surface area contributed by atoms with Gasteiger partial charge in [-0.3, -0.25) is 14.4 Å². The third-order valence-electron chi connectivity index (χ3n) is 13.5. The summed E-state index contributed by atoms with van der Waals surface area (Å²) in [5, 5.41) is 0. The molecule has 0 aromatic rings. The van der Waals surface area contributed by atoms with Crippen LogP contribution in [0.2, 0.25) is 0 Å². The van der Waals surface area contributed by atoms with Crippen LogP contribution in [0, 0.1) is 0 Å². The van der Waals surface area contributed by atoms with E-state index in [4.69, 9.17) is 14.2 Å². The van der Waals surface area contributed by atoms with E-state index < -0.39 is 12.1 Å². The van der Waals surface area contributed by atoms with Crippen molar-refractivity contribution in [2.24, 2.45) is 0 Å². The topological polar surface area (TPSA) is 78.9 Å². The third-order valence-corrected chi connectivity index (χ3v) is 13.5. The molecule has 0 aromatic heterocycles. The van der Waals surface area contributed by atoms with Crippen LogP contribution in [0.5, 0.6) is 0 Å². The van der Waals surface area contributed by atoms with Crippen LogP contribution in [0.4, 0.5) is 0 Å². The van der Waals surface area contributed by atoms with E-state index in [-0.39, 0.29) is 31.6 Å². The van der Waals surface area contributed by atoms with E-state index in [0.717, 1.165) is 70.6 Å². The van der Waals surface area contributed by atoms with E-state index in [2.05, 4.69) is 81.5 Å². The highest BCUT2D eigenvalue weighted by Gasteiger charge is 2.19. The fourth-order valence-electron chi connectivity index (χ4n) is 8.87. The van der Waals surface area contributed by atoms with Crippen molar-refractivity contribution in [2.45, 2.75) is 316 Å². The van der Waals surface area contributed by atoms with E-state index in [1.165, 1.54) is 199 Å². The largest absolute Gasteiger partial charge is 0.462 e. The number of hydrogen-bond acceptors (Lipinski definition) is 6. The molecule has 1 atom stereocenters. The lowest BCUT2D eigenvalue weighted by Gasteiger charge is -2.18. The monoisotopic (exact) mass is 1000 g/mol. The predicted octanol–water partition coefficient (Wildman–Crippen LogP) is 20.9. The zero-order valence-electron chi connectivity index (χ0n) is 47.7. The zero-order valence-corrected chi connectivity index (χ0v) is 47.7. The Labute approximate surface area is 446 Å². The molecule has 0 heterocycles. The number of rotatable bonds is 56. The van der Waals surface area contributed by atoms with Gasteiger partial charge in [0.15, 0.2) is 6.10 Å². The highest BCUT2D eigenvalue weighted by atomic mass is 16.6. The number of hydrogen-bond donors (Lipinski definition) is 0. The Hall–Kier alpha value is -3.15. The number of carbonyl (C=O) groups is 3. The minimum atomic E-state index is -0.814. The van der Waals surface area contributed by atoms with E-state index in [0.29, 0.717) is 12.8 Å². The second-order valence-electron chi connectivity index (χ2n) is 20.6. The molecular formula is C66H116O6. The van der Waals surface area contributed by atoms with Crippen molar-refractivity contribution in [3.05, 3.63) is 72.9 Å². The Balaban J connectivity index is 4.38. The lowest BCUT2D eigenvalue weighted by atomic mass is 10.0. The summed E-state index contributed by atoms with van der Waals surface area (Å²) in [6, 6.07) is 0. The zero-order chi connectivity index (χ0) is 52.2. The second kappa shape index (κ2) is 60.4. The molecule has 0 saturated carbocycles. The molecule has 0 rings (SSSR count). The van der Waals surface area contributed by atoms with Crippen molar-refractivity contribution >= 4 is 17.9 Å². The lowest BCUT2D eigenvalue weighted by Crippen LogP contribution is -2.30. The molecule has 416 valence electrons. The Morgan fingerprint density at radius 1 is 0.306 bits per heavy atom. The van der Waals surface area contributed by atoms with Gasteiger partial charge in [-0.05, 0) is 70.6 Å². The summed E-state index contributed by atoms with van der Waals surface area (Å²) in [7, 11) is 0. The van der Waals surface area contributed by atoms with E-state index in [1.807, 2.05) is 6.08 Å². The fraction of sp³-hybridized carbons (Fsp3) is 0.773. The van der Waals surface area contributed by atoms with Gasteiger partial charge in [0.2, 0.25) is 0 Å². The van der Waals surface area contributed by atoms with E-state index in [9.17, 15) is 14.4 Å². The van der Waals surface area contributed by atoms with Gasteiger partial charge in [-0.1, -0.05) is 293 Å². The normalized spacial score (nSPS) is 12.5. The second-order valence-corrected chi connectivity index (χ2v) is 20.6. The number of unbranched alkanes of at least 4 members (excludes halogenated alkanes) is 34. The van der Waals surface area contributed by atoms with E-state index in [1.54, 1.807) is 6.08 Å². The predicted molar refractivity (Wildman–Crippen MR) is 311 cm³/mol. The Morgan fingerprint density at radius 2 is 0.597 bits per heavy atom. The molecule has 0 aliphatic rings. The first-order valence-corrected chi connectivity index (χ1v) is 30.9. The first-order valence-electron chi connectivity index (χ1n) is 30.9. The van der Waals surface area contributed by atoms with Gasteiger partial charge in [-0.15, -0.1) is 0 Å². The third kappa shape index (κ3) is 57.7. The Bertz CT molecular complexity index is 1340. The molecule has 6 nitrogen and oxygen atoms in total. The molecule has 0 N–H and O–H groups in total. The summed E-state index contributed by atoms with van der Waals surface area (Å²) in [6.45, 7) is 6.48. The van der Waals surface area contributed by atoms with Gasteiger partial charge in [0.05, 0.1) is 6.42 Å². The van der Waals surface area contributed by atoms with Crippen LogP contribution in [0.3, 0.4) is 0 Å². The molecule has 0 fully saturated rings. The maximum Gasteiger partial charge on any atom is 0.309 e. The fourth-order valence-corrected chi connectivity index (χ4v) is 8.87. The summed E-state index contributed by atoms with van der Waals surface area (Å²) in [6.07, 6.45) is 77.9. The average Bonchev–Trinajstić information content (AvgIpc) is 3.38. The molecular weight excluding hydrogens is 889 g/mol. The maximum atomic E-state index is 12.9. The SMILES string of the molecule is CC/C=C\C/C=C\C/C=C\C/C=C\C/C=C\CC(=O)OCC(COC(=O)CCCCCCCCCCCCC/C=C\CCCCCCCCCC)OC(=O)CCCCCCCCCCCCCCCCCC. The molecule has 72 heavy (non-hydrogen) atoms. The standard InChI is InChI=1S/C66H116O6/c1-4-7-10-13-16-19-22-25-28-30-31-32-33-34-35-36-39-41-44-47-50-53-56-59-65(68)71-62-63(61-70-64(67)58-55-52-49-46-43-40-37-27-24-21-18-15-12-9-6-3)72-66(69)60-57-54-51-48-45-42-38-29-26-23-20-17-14-11-8-5-2/h9,12,18,21,27,30-31,37,43,46,52,55,63H,4-8,10-11,13-17,19-20,22-26,28-29,32-36,38-42,44-45,47-51,53-54,56-62H2,1-3H3/b12-9-,21-18-,31-30-,37-27-,46-43-,55-52-. The molecule has 0 amide bonds. The first kappa shape index (κ1) is 68.8. The summed E-state index contributed by atoms with van der Waals surface area (Å²) in [4.78, 5) is 38.2. The van der Waals surface area contributed by atoms with Crippen molar-refractivity contribution in [2.75, 3.05) is 13.2 Å². The van der Waals surface area contributed by atoms with Gasteiger partial charge in [0, 0.05) is 12.8 Å². The van der Waals surface area contributed by atoms with E-state index >= 15 is 0 Å². The molecule has 0 aliphatic carbocycles. The smallest absolute Gasteiger partial charge is 0.309 e. The molecule has 0 saturated heterocycles. The van der Waals surface area contributed by atoms with Gasteiger partial charge >= 0.3 is 17.9 Å². The number of carbonyl (C=O) groups excluding carboxylic acids is 3. The Kier molecular flexibility index (Phi) is 57.8. The maximum absolute atomic E-state index is 12.9. The summed E-state index contributed by atoms with van der Waals surface area (Å²) >= 11 is 0. The van der Waals surface area contributed by atoms with Crippen molar-refractivity contribution in [3.63, 3.8) is 0 Å². The van der Waals surface area contributed by atoms with Gasteiger partial charge in [0.1, 0.15) is 13.2 Å². The first-order chi connectivity index (χ1) is 35.5. The Morgan fingerprint density at radius 3 is 0.958 bits per heavy atom. The van der Waals surface area contributed by atoms with Crippen LogP contribution >= 0.6 is 0 Å². The van der Waals surface area contributed by atoms with Crippen molar-refractivity contribution < 1.29 is 28.6 Å². The van der Waals surface area contributed by atoms with Gasteiger partial charge in [0.25, 0.3) is 0 Å². The van der Waals surface area contributed by atoms with Gasteiger partial charge in [-0.25, -0.2) is 0 Å². The van der Waals surface area contributed by atoms with Crippen LogP contribution < -0.4 is 0 Å². The molecule has 0 aromatic carbocycles. The van der Waals surface area contributed by atoms with Crippen LogP contribution in [0.1, 0.15) is 310 Å². The number of allylic oxidation sites excluding steroid dienone is 11. The van der Waals surface area contributed by atoms with Crippen molar-refractivity contribution in [3.8, 4) is 0 Å². The van der Waals surface area contributed by atoms with Gasteiger partial charge in [-0.2, -0.15) is 0 Å². The molecule has 0 bridgehead atoms. The summed E-state index contributed by atoms with van der Waals surface area (Å²) < 4.78 is 16.8. The van der Waals surface area contributed by atoms with Crippen LogP contribution in [-0.4, -0.2) is 37.2 Å². The van der Waals surface area contributed by atoms with Crippen LogP contribution in [0.15, 0.2) is 72.9 Å². The number of ether oxygens (including phenoxy) is 3. The van der Waals surface area contributed by atoms with Crippen LogP contribution in [-0.2, 0) is 28.6 Å². The molecule has 0 aliphatic heterocycles. The summed E-state index contributed by atoms with van der Waals surface area (Å²) in [5.41, 5.74) is 0. The quantitative estimate of drug-likeness (QED) is 0.0261. The van der Waals surface area contributed by atoms with Crippen LogP contribution in [0.25, 0.3) is 0 Å². The molecule has 0 spiro atoms. The minimum absolute atomic E-state index is 0.103.